The Labute approximate surface area is 120 Å². The molecule has 0 aliphatic carbocycles. The third kappa shape index (κ3) is 3.22. The van der Waals surface area contributed by atoms with Crippen molar-refractivity contribution in [2.45, 2.75) is 26.3 Å². The molecule has 0 aromatic carbocycles. The summed E-state index contributed by atoms with van der Waals surface area (Å²) in [6.45, 7) is 2.96. The molecule has 0 saturated carbocycles. The van der Waals surface area contributed by atoms with Crippen molar-refractivity contribution in [3.05, 3.63) is 24.3 Å². The lowest BCUT2D eigenvalue weighted by atomic mass is 10.2. The molecule has 0 aliphatic rings. The number of hydrogen-bond donors (Lipinski definition) is 3. The van der Waals surface area contributed by atoms with Crippen LogP contribution in [-0.4, -0.2) is 38.7 Å². The zero-order chi connectivity index (χ0) is 15.4. The summed E-state index contributed by atoms with van der Waals surface area (Å²) in [5.74, 6) is -1.54. The maximum atomic E-state index is 12.2. The predicted octanol–water partition coefficient (Wildman–Crippen LogP) is 0.129. The molecule has 2 heterocycles. The monoisotopic (exact) mass is 289 g/mol. The number of rotatable bonds is 4. The first-order valence-electron chi connectivity index (χ1n) is 6.43. The number of H-pyrrole nitrogens is 1. The van der Waals surface area contributed by atoms with E-state index in [9.17, 15) is 14.4 Å². The van der Waals surface area contributed by atoms with Gasteiger partial charge in [0.05, 0.1) is 11.8 Å². The second-order valence-electron chi connectivity index (χ2n) is 4.44. The highest BCUT2D eigenvalue weighted by Gasteiger charge is 2.22. The van der Waals surface area contributed by atoms with Gasteiger partial charge in [0.25, 0.3) is 5.91 Å². The molecular weight excluding hydrogens is 274 g/mol. The highest BCUT2D eigenvalue weighted by molar-refractivity contribution is 6.05. The van der Waals surface area contributed by atoms with Gasteiger partial charge in [0.2, 0.25) is 11.8 Å². The molecule has 2 aromatic rings. The maximum Gasteiger partial charge on any atom is 0.272 e. The van der Waals surface area contributed by atoms with E-state index in [1.54, 1.807) is 13.0 Å². The number of amides is 3. The third-order valence-corrected chi connectivity index (χ3v) is 2.88. The number of aromatic amines is 1. The molecule has 1 atom stereocenters. The van der Waals surface area contributed by atoms with Crippen molar-refractivity contribution in [1.29, 1.82) is 0 Å². The van der Waals surface area contributed by atoms with Crippen LogP contribution in [-0.2, 0) is 9.59 Å². The highest BCUT2D eigenvalue weighted by Crippen LogP contribution is 2.11. The number of imidazole rings is 1. The third-order valence-electron chi connectivity index (χ3n) is 2.88. The number of carbonyl (C=O) groups is 3. The second kappa shape index (κ2) is 6.12. The molecule has 0 radical (unpaired) electrons. The molecule has 2 aromatic heterocycles. The van der Waals surface area contributed by atoms with Crippen LogP contribution in [0.25, 0.3) is 11.0 Å². The number of pyridine rings is 1. The van der Waals surface area contributed by atoms with Crippen molar-refractivity contribution >= 4 is 28.8 Å². The van der Waals surface area contributed by atoms with Crippen LogP contribution in [0.4, 0.5) is 0 Å². The van der Waals surface area contributed by atoms with E-state index in [2.05, 4.69) is 25.6 Å². The van der Waals surface area contributed by atoms with Crippen molar-refractivity contribution in [2.24, 2.45) is 0 Å². The molecule has 0 saturated heterocycles. The van der Waals surface area contributed by atoms with Gasteiger partial charge in [-0.1, -0.05) is 6.92 Å². The van der Waals surface area contributed by atoms with Crippen LogP contribution in [0.3, 0.4) is 0 Å². The topological polar surface area (TPSA) is 117 Å². The van der Waals surface area contributed by atoms with Gasteiger partial charge in [-0.05, 0) is 12.5 Å². The standard InChI is InChI=1S/C13H15N5O3/c1-3-8(12(20)17-7(2)19)18-13(21)11-10-9(4-5-14-11)15-6-16-10/h4-6,8H,3H2,1-2H3,(H,15,16)(H,18,21)(H,17,19,20). The maximum absolute atomic E-state index is 12.2. The van der Waals surface area contributed by atoms with Gasteiger partial charge in [0, 0.05) is 13.1 Å². The van der Waals surface area contributed by atoms with Crippen molar-refractivity contribution < 1.29 is 14.4 Å². The summed E-state index contributed by atoms with van der Waals surface area (Å²) in [6.07, 6.45) is 3.29. The van der Waals surface area contributed by atoms with Crippen LogP contribution >= 0.6 is 0 Å². The number of imide groups is 1. The van der Waals surface area contributed by atoms with Crippen LogP contribution in [0, 0.1) is 0 Å². The molecule has 21 heavy (non-hydrogen) atoms. The summed E-state index contributed by atoms with van der Waals surface area (Å²) in [5.41, 5.74) is 1.23. The number of aromatic nitrogens is 3. The molecular formula is C13H15N5O3. The van der Waals surface area contributed by atoms with Crippen molar-refractivity contribution in [2.75, 3.05) is 0 Å². The fraction of sp³-hybridized carbons (Fsp3) is 0.308. The first kappa shape index (κ1) is 14.6. The summed E-state index contributed by atoms with van der Waals surface area (Å²) in [7, 11) is 0. The predicted molar refractivity (Wildman–Crippen MR) is 74.3 cm³/mol. The summed E-state index contributed by atoms with van der Waals surface area (Å²) < 4.78 is 0. The molecule has 3 amide bonds. The van der Waals surface area contributed by atoms with Crippen LogP contribution in [0.2, 0.25) is 0 Å². The van der Waals surface area contributed by atoms with Gasteiger partial charge in [0.1, 0.15) is 11.6 Å². The Balaban J connectivity index is 2.18. The van der Waals surface area contributed by atoms with E-state index < -0.39 is 23.8 Å². The number of carbonyl (C=O) groups excluding carboxylic acids is 3. The fourth-order valence-corrected chi connectivity index (χ4v) is 1.87. The largest absolute Gasteiger partial charge is 0.344 e. The average molecular weight is 289 g/mol. The van der Waals surface area contributed by atoms with Crippen molar-refractivity contribution in [3.63, 3.8) is 0 Å². The lowest BCUT2D eigenvalue weighted by Crippen LogP contribution is -2.47. The van der Waals surface area contributed by atoms with Crippen LogP contribution in [0.5, 0.6) is 0 Å². The van der Waals surface area contributed by atoms with Gasteiger partial charge in [-0.15, -0.1) is 0 Å². The first-order valence-corrected chi connectivity index (χ1v) is 6.43. The summed E-state index contributed by atoms with van der Waals surface area (Å²) in [5, 5.41) is 4.70. The Hall–Kier alpha value is -2.77. The van der Waals surface area contributed by atoms with Crippen LogP contribution in [0.15, 0.2) is 18.6 Å². The minimum atomic E-state index is -0.808. The van der Waals surface area contributed by atoms with E-state index in [0.717, 1.165) is 0 Å². The molecule has 110 valence electrons. The quantitative estimate of drug-likeness (QED) is 0.739. The second-order valence-corrected chi connectivity index (χ2v) is 4.44. The highest BCUT2D eigenvalue weighted by atomic mass is 16.2. The Morgan fingerprint density at radius 1 is 1.33 bits per heavy atom. The number of nitrogens with zero attached hydrogens (tertiary/aromatic N) is 2. The van der Waals surface area contributed by atoms with E-state index >= 15 is 0 Å². The fourth-order valence-electron chi connectivity index (χ4n) is 1.87. The number of hydrogen-bond acceptors (Lipinski definition) is 5. The average Bonchev–Trinajstić information content (AvgIpc) is 2.91. The van der Waals surface area contributed by atoms with Crippen LogP contribution in [0.1, 0.15) is 30.8 Å². The van der Waals surface area contributed by atoms with Gasteiger partial charge in [0.15, 0.2) is 5.69 Å². The molecule has 0 fully saturated rings. The minimum absolute atomic E-state index is 0.128. The minimum Gasteiger partial charge on any atom is -0.344 e. The Kier molecular flexibility index (Phi) is 4.27. The molecule has 0 spiro atoms. The van der Waals surface area contributed by atoms with Gasteiger partial charge in [-0.2, -0.15) is 0 Å². The van der Waals surface area contributed by atoms with Gasteiger partial charge < -0.3 is 10.3 Å². The van der Waals surface area contributed by atoms with E-state index in [4.69, 9.17) is 0 Å². The molecule has 8 heteroatoms. The summed E-state index contributed by atoms with van der Waals surface area (Å²) >= 11 is 0. The SMILES string of the molecule is CCC(NC(=O)c1nccc2[nH]cnc12)C(=O)NC(C)=O. The lowest BCUT2D eigenvalue weighted by molar-refractivity contribution is -0.130. The Morgan fingerprint density at radius 3 is 2.76 bits per heavy atom. The van der Waals surface area contributed by atoms with Crippen LogP contribution < -0.4 is 10.6 Å². The molecule has 0 bridgehead atoms. The molecule has 8 nitrogen and oxygen atoms in total. The summed E-state index contributed by atoms with van der Waals surface area (Å²) in [6, 6.07) is 0.885. The normalized spacial score (nSPS) is 11.9. The molecule has 2 rings (SSSR count). The Morgan fingerprint density at radius 2 is 2.10 bits per heavy atom. The van der Waals surface area contributed by atoms with Crippen molar-refractivity contribution in [1.82, 2.24) is 25.6 Å². The van der Waals surface area contributed by atoms with E-state index in [-0.39, 0.29) is 5.69 Å². The summed E-state index contributed by atoms with van der Waals surface area (Å²) in [4.78, 5) is 45.8. The zero-order valence-electron chi connectivity index (χ0n) is 11.6. The first-order chi connectivity index (χ1) is 10.0. The van der Waals surface area contributed by atoms with Gasteiger partial charge >= 0.3 is 0 Å². The molecule has 1 unspecified atom stereocenters. The van der Waals surface area contributed by atoms with E-state index in [0.29, 0.717) is 17.5 Å². The van der Waals surface area contributed by atoms with Gasteiger partial charge in [-0.25, -0.2) is 9.97 Å². The lowest BCUT2D eigenvalue weighted by Gasteiger charge is -2.15. The van der Waals surface area contributed by atoms with Crippen molar-refractivity contribution in [3.8, 4) is 0 Å². The van der Waals surface area contributed by atoms with E-state index in [1.165, 1.54) is 19.4 Å². The van der Waals surface area contributed by atoms with Gasteiger partial charge in [-0.3, -0.25) is 19.7 Å². The number of fused-ring (bicyclic) bond motifs is 1. The Bertz CT molecular complexity index is 694. The van der Waals surface area contributed by atoms with E-state index in [1.807, 2.05) is 0 Å². The smallest absolute Gasteiger partial charge is 0.272 e. The number of nitrogens with one attached hydrogen (secondary N) is 3. The molecule has 3 N–H and O–H groups in total. The zero-order valence-corrected chi connectivity index (χ0v) is 11.6. The molecule has 0 aliphatic heterocycles.